The average molecular weight is 205 g/mol. The highest BCUT2D eigenvalue weighted by molar-refractivity contribution is 5.98. The summed E-state index contributed by atoms with van der Waals surface area (Å²) in [6, 6.07) is 4.16. The second-order valence-corrected chi connectivity index (χ2v) is 4.36. The zero-order valence-corrected chi connectivity index (χ0v) is 10.1. The summed E-state index contributed by atoms with van der Waals surface area (Å²) in [7, 11) is 0. The first-order chi connectivity index (χ1) is 6.97. The van der Waals surface area contributed by atoms with Crippen LogP contribution in [0, 0.1) is 13.8 Å². The van der Waals surface area contributed by atoms with E-state index in [1.807, 2.05) is 6.92 Å². The second-order valence-electron chi connectivity index (χ2n) is 4.36. The molecule has 0 saturated carbocycles. The summed E-state index contributed by atoms with van der Waals surface area (Å²) in [4.78, 5) is 0. The Morgan fingerprint density at radius 2 is 1.67 bits per heavy atom. The summed E-state index contributed by atoms with van der Waals surface area (Å²) >= 11 is 0. The predicted molar refractivity (Wildman–Crippen MR) is 64.0 cm³/mol. The molecule has 0 spiro atoms. The highest BCUT2D eigenvalue weighted by Gasteiger charge is 2.09. The molecule has 1 aromatic carbocycles. The lowest BCUT2D eigenvalue weighted by Crippen LogP contribution is -2.02. The summed E-state index contributed by atoms with van der Waals surface area (Å²) < 4.78 is 0. The fourth-order valence-corrected chi connectivity index (χ4v) is 2.15. The van der Waals surface area contributed by atoms with Crippen LogP contribution < -0.4 is 0 Å². The Kier molecular flexibility index (Phi) is 3.51. The SMILES string of the molecule is C/C(=N\O)c1cc(C)c(C(C)C)c(C)c1. The molecule has 15 heavy (non-hydrogen) atoms. The average Bonchev–Trinajstić information content (AvgIpc) is 2.14. The van der Waals surface area contributed by atoms with Crippen molar-refractivity contribution in [2.45, 2.75) is 40.5 Å². The molecular weight excluding hydrogens is 186 g/mol. The van der Waals surface area contributed by atoms with E-state index in [1.165, 1.54) is 16.7 Å². The number of hydrogen-bond acceptors (Lipinski definition) is 2. The Bertz CT molecular complexity index is 369. The first kappa shape index (κ1) is 11.8. The van der Waals surface area contributed by atoms with Gasteiger partial charge in [-0.05, 0) is 61.1 Å². The molecule has 0 amide bonds. The second kappa shape index (κ2) is 4.47. The van der Waals surface area contributed by atoms with Crippen molar-refractivity contribution in [3.63, 3.8) is 0 Å². The maximum Gasteiger partial charge on any atom is 0.0837 e. The lowest BCUT2D eigenvalue weighted by Gasteiger charge is -2.15. The van der Waals surface area contributed by atoms with Crippen LogP contribution in [0.15, 0.2) is 17.3 Å². The van der Waals surface area contributed by atoms with Gasteiger partial charge in [-0.3, -0.25) is 0 Å². The van der Waals surface area contributed by atoms with Crippen LogP contribution in [-0.4, -0.2) is 10.9 Å². The van der Waals surface area contributed by atoms with Crippen LogP contribution in [0.5, 0.6) is 0 Å². The topological polar surface area (TPSA) is 32.6 Å². The van der Waals surface area contributed by atoms with Crippen LogP contribution in [0.2, 0.25) is 0 Å². The normalized spacial score (nSPS) is 12.3. The van der Waals surface area contributed by atoms with Crippen molar-refractivity contribution in [1.82, 2.24) is 0 Å². The van der Waals surface area contributed by atoms with Gasteiger partial charge < -0.3 is 5.21 Å². The molecule has 0 radical (unpaired) electrons. The van der Waals surface area contributed by atoms with Gasteiger partial charge >= 0.3 is 0 Å². The van der Waals surface area contributed by atoms with Gasteiger partial charge in [0.15, 0.2) is 0 Å². The van der Waals surface area contributed by atoms with E-state index >= 15 is 0 Å². The molecule has 0 saturated heterocycles. The van der Waals surface area contributed by atoms with E-state index in [0.717, 1.165) is 5.56 Å². The van der Waals surface area contributed by atoms with Crippen molar-refractivity contribution >= 4 is 5.71 Å². The molecule has 0 unspecified atom stereocenters. The molecule has 0 heterocycles. The van der Waals surface area contributed by atoms with Crippen LogP contribution in [0.25, 0.3) is 0 Å². The molecule has 0 atom stereocenters. The van der Waals surface area contributed by atoms with Crippen molar-refractivity contribution in [3.05, 3.63) is 34.4 Å². The van der Waals surface area contributed by atoms with Crippen molar-refractivity contribution in [1.29, 1.82) is 0 Å². The van der Waals surface area contributed by atoms with Gasteiger partial charge in [0.2, 0.25) is 0 Å². The van der Waals surface area contributed by atoms with Gasteiger partial charge in [0.25, 0.3) is 0 Å². The zero-order valence-electron chi connectivity index (χ0n) is 10.1. The van der Waals surface area contributed by atoms with Crippen LogP contribution in [0.3, 0.4) is 0 Å². The van der Waals surface area contributed by atoms with Gasteiger partial charge in [0, 0.05) is 0 Å². The predicted octanol–water partition coefficient (Wildman–Crippen LogP) is 3.63. The van der Waals surface area contributed by atoms with Gasteiger partial charge in [0.1, 0.15) is 0 Å². The monoisotopic (exact) mass is 205 g/mol. The minimum atomic E-state index is 0.533. The molecule has 1 rings (SSSR count). The summed E-state index contributed by atoms with van der Waals surface area (Å²) in [6.07, 6.45) is 0. The minimum Gasteiger partial charge on any atom is -0.411 e. The summed E-state index contributed by atoms with van der Waals surface area (Å²) in [5.74, 6) is 0.533. The first-order valence-electron chi connectivity index (χ1n) is 5.27. The molecule has 2 heteroatoms. The molecule has 0 fully saturated rings. The molecule has 0 aromatic heterocycles. The fraction of sp³-hybridized carbons (Fsp3) is 0.462. The molecule has 0 aliphatic carbocycles. The van der Waals surface area contributed by atoms with Crippen LogP contribution in [0.4, 0.5) is 0 Å². The van der Waals surface area contributed by atoms with E-state index < -0.39 is 0 Å². The molecule has 0 aliphatic rings. The summed E-state index contributed by atoms with van der Waals surface area (Å²) in [5.41, 5.74) is 5.59. The number of benzene rings is 1. The largest absolute Gasteiger partial charge is 0.411 e. The van der Waals surface area contributed by atoms with E-state index in [0.29, 0.717) is 11.6 Å². The molecule has 0 aliphatic heterocycles. The van der Waals surface area contributed by atoms with Gasteiger partial charge in [-0.1, -0.05) is 19.0 Å². The molecule has 2 nitrogen and oxygen atoms in total. The standard InChI is InChI=1S/C13H19NO/c1-8(2)13-9(3)6-12(7-10(13)4)11(5)14-15/h6-8,15H,1-5H3/b14-11+. The Balaban J connectivity index is 3.32. The van der Waals surface area contributed by atoms with Crippen LogP contribution >= 0.6 is 0 Å². The van der Waals surface area contributed by atoms with E-state index in [1.54, 1.807) is 0 Å². The minimum absolute atomic E-state index is 0.533. The molecule has 1 N–H and O–H groups in total. The highest BCUT2D eigenvalue weighted by atomic mass is 16.4. The Morgan fingerprint density at radius 3 is 2.00 bits per heavy atom. The Hall–Kier alpha value is -1.31. The summed E-state index contributed by atoms with van der Waals surface area (Å²) in [6.45, 7) is 10.4. The molecule has 1 aromatic rings. The van der Waals surface area contributed by atoms with Crippen LogP contribution in [-0.2, 0) is 0 Å². The van der Waals surface area contributed by atoms with Crippen molar-refractivity contribution < 1.29 is 5.21 Å². The number of nitrogens with zero attached hydrogens (tertiary/aromatic N) is 1. The van der Waals surface area contributed by atoms with E-state index in [2.05, 4.69) is 45.0 Å². The Morgan fingerprint density at radius 1 is 1.20 bits per heavy atom. The molecular formula is C13H19NO. The third kappa shape index (κ3) is 2.38. The van der Waals surface area contributed by atoms with Crippen molar-refractivity contribution in [2.24, 2.45) is 5.16 Å². The van der Waals surface area contributed by atoms with E-state index in [-0.39, 0.29) is 0 Å². The Labute approximate surface area is 91.6 Å². The lowest BCUT2D eigenvalue weighted by molar-refractivity contribution is 0.319. The highest BCUT2D eigenvalue weighted by Crippen LogP contribution is 2.24. The van der Waals surface area contributed by atoms with Gasteiger partial charge in [0.05, 0.1) is 5.71 Å². The fourth-order valence-electron chi connectivity index (χ4n) is 2.15. The van der Waals surface area contributed by atoms with Crippen LogP contribution in [0.1, 0.15) is 48.9 Å². The first-order valence-corrected chi connectivity index (χ1v) is 5.27. The molecule has 82 valence electrons. The summed E-state index contributed by atoms with van der Waals surface area (Å²) in [5, 5.41) is 12.0. The van der Waals surface area contributed by atoms with Gasteiger partial charge in [-0.2, -0.15) is 0 Å². The number of oxime groups is 1. The molecule has 0 bridgehead atoms. The quantitative estimate of drug-likeness (QED) is 0.446. The van der Waals surface area contributed by atoms with Gasteiger partial charge in [-0.25, -0.2) is 0 Å². The number of rotatable bonds is 2. The van der Waals surface area contributed by atoms with E-state index in [9.17, 15) is 0 Å². The van der Waals surface area contributed by atoms with Crippen molar-refractivity contribution in [2.75, 3.05) is 0 Å². The zero-order chi connectivity index (χ0) is 11.6. The van der Waals surface area contributed by atoms with E-state index in [4.69, 9.17) is 5.21 Å². The number of hydrogen-bond donors (Lipinski definition) is 1. The maximum atomic E-state index is 8.74. The van der Waals surface area contributed by atoms with Crippen molar-refractivity contribution in [3.8, 4) is 0 Å². The number of aryl methyl sites for hydroxylation is 2. The third-order valence-corrected chi connectivity index (χ3v) is 2.74. The lowest BCUT2D eigenvalue weighted by atomic mass is 9.90. The smallest absolute Gasteiger partial charge is 0.0837 e. The van der Waals surface area contributed by atoms with Gasteiger partial charge in [-0.15, -0.1) is 0 Å². The maximum absolute atomic E-state index is 8.74. The third-order valence-electron chi connectivity index (χ3n) is 2.74.